The number of anilines is 1. The van der Waals surface area contributed by atoms with Crippen LogP contribution in [0.4, 0.5) is 5.69 Å². The van der Waals surface area contributed by atoms with Gasteiger partial charge in [-0.1, -0.05) is 0 Å². The van der Waals surface area contributed by atoms with Crippen LogP contribution in [0.2, 0.25) is 0 Å². The second-order valence-electron chi connectivity index (χ2n) is 7.35. The highest BCUT2D eigenvalue weighted by molar-refractivity contribution is 5.92. The monoisotopic (exact) mass is 390 g/mol. The van der Waals surface area contributed by atoms with Gasteiger partial charge < -0.3 is 19.1 Å². The van der Waals surface area contributed by atoms with Crippen LogP contribution in [-0.4, -0.2) is 63.7 Å². The number of carbonyl (C=O) groups is 1. The fourth-order valence-electron chi connectivity index (χ4n) is 4.58. The second kappa shape index (κ2) is 6.97. The Morgan fingerprint density at radius 3 is 2.97 bits per heavy atom. The highest BCUT2D eigenvalue weighted by Crippen LogP contribution is 2.46. The first-order valence-electron chi connectivity index (χ1n) is 9.70. The molecule has 0 aliphatic carbocycles. The van der Waals surface area contributed by atoms with E-state index in [1.807, 2.05) is 29.4 Å². The summed E-state index contributed by atoms with van der Waals surface area (Å²) < 4.78 is 7.56. The highest BCUT2D eigenvalue weighted by Gasteiger charge is 2.50. The summed E-state index contributed by atoms with van der Waals surface area (Å²) in [5.41, 5.74) is 2.24. The van der Waals surface area contributed by atoms with Crippen LogP contribution in [0.5, 0.6) is 0 Å². The molecule has 0 bridgehead atoms. The zero-order valence-electron chi connectivity index (χ0n) is 16.2. The van der Waals surface area contributed by atoms with Crippen LogP contribution in [-0.2, 0) is 10.3 Å². The van der Waals surface area contributed by atoms with Gasteiger partial charge >= 0.3 is 0 Å². The summed E-state index contributed by atoms with van der Waals surface area (Å²) in [6, 6.07) is 8.23. The van der Waals surface area contributed by atoms with Crippen LogP contribution in [0, 0.1) is 0 Å². The third-order valence-electron chi connectivity index (χ3n) is 5.86. The first-order chi connectivity index (χ1) is 14.2. The van der Waals surface area contributed by atoms with E-state index in [4.69, 9.17) is 4.74 Å². The van der Waals surface area contributed by atoms with E-state index in [0.29, 0.717) is 31.9 Å². The van der Waals surface area contributed by atoms with Gasteiger partial charge in [-0.25, -0.2) is 9.97 Å². The Bertz CT molecular complexity index is 1040. The lowest BCUT2D eigenvalue weighted by molar-refractivity contribution is 0.0775. The predicted octanol–water partition coefficient (Wildman–Crippen LogP) is 1.87. The smallest absolute Gasteiger partial charge is 0.274 e. The number of ether oxygens (including phenoxy) is 1. The van der Waals surface area contributed by atoms with E-state index in [-0.39, 0.29) is 11.4 Å². The largest absolute Gasteiger partial charge is 0.383 e. The first-order valence-corrected chi connectivity index (χ1v) is 9.70. The molecular weight excluding hydrogens is 368 g/mol. The normalized spacial score (nSPS) is 20.0. The maximum absolute atomic E-state index is 13.1. The van der Waals surface area contributed by atoms with E-state index in [2.05, 4.69) is 36.6 Å². The number of aromatic nitrogens is 4. The lowest BCUT2D eigenvalue weighted by atomic mass is 9.89. The zero-order valence-corrected chi connectivity index (χ0v) is 16.2. The van der Waals surface area contributed by atoms with Crippen molar-refractivity contribution in [1.82, 2.24) is 24.4 Å². The van der Waals surface area contributed by atoms with Crippen molar-refractivity contribution in [3.05, 3.63) is 66.6 Å². The third-order valence-corrected chi connectivity index (χ3v) is 5.86. The van der Waals surface area contributed by atoms with E-state index in [9.17, 15) is 4.79 Å². The standard InChI is InChI=1S/C21H22N6O2/c1-29-13-12-27-17-4-2-7-24-19(17)26-10-3-5-18(26)21(27)6-11-25(15-21)20(28)16-14-22-8-9-23-16/h2-5,7-10,14H,6,11-13,15H2,1H3/t21-/m1/s1. The van der Waals surface area contributed by atoms with Gasteiger partial charge in [0, 0.05) is 51.5 Å². The fraction of sp³-hybridized carbons (Fsp3) is 0.333. The maximum atomic E-state index is 13.1. The lowest BCUT2D eigenvalue weighted by Gasteiger charge is -2.47. The number of hydrogen-bond donors (Lipinski definition) is 0. The minimum Gasteiger partial charge on any atom is -0.383 e. The van der Waals surface area contributed by atoms with Crippen molar-refractivity contribution in [2.75, 3.05) is 38.3 Å². The van der Waals surface area contributed by atoms with Gasteiger partial charge in [-0.05, 0) is 30.7 Å². The highest BCUT2D eigenvalue weighted by atomic mass is 16.5. The molecule has 1 saturated heterocycles. The molecule has 8 heteroatoms. The van der Waals surface area contributed by atoms with Crippen molar-refractivity contribution in [3.63, 3.8) is 0 Å². The molecule has 8 nitrogen and oxygen atoms in total. The van der Waals surface area contributed by atoms with E-state index in [1.165, 1.54) is 6.20 Å². The summed E-state index contributed by atoms with van der Waals surface area (Å²) in [4.78, 5) is 30.2. The van der Waals surface area contributed by atoms with Gasteiger partial charge in [0.2, 0.25) is 0 Å². The van der Waals surface area contributed by atoms with Crippen LogP contribution in [0.25, 0.3) is 5.82 Å². The molecule has 0 unspecified atom stereocenters. The summed E-state index contributed by atoms with van der Waals surface area (Å²) in [6.45, 7) is 2.53. The molecule has 0 radical (unpaired) electrons. The number of pyridine rings is 1. The average molecular weight is 390 g/mol. The molecule has 2 aliphatic rings. The Morgan fingerprint density at radius 1 is 1.21 bits per heavy atom. The van der Waals surface area contributed by atoms with Gasteiger partial charge in [-0.2, -0.15) is 0 Å². The Kier molecular flexibility index (Phi) is 4.28. The summed E-state index contributed by atoms with van der Waals surface area (Å²) >= 11 is 0. The number of rotatable bonds is 4. The van der Waals surface area contributed by atoms with E-state index < -0.39 is 0 Å². The predicted molar refractivity (Wildman–Crippen MR) is 107 cm³/mol. The molecule has 5 heterocycles. The molecule has 3 aromatic heterocycles. The van der Waals surface area contributed by atoms with Crippen LogP contribution in [0.15, 0.2) is 55.2 Å². The second-order valence-corrected chi connectivity index (χ2v) is 7.35. The lowest BCUT2D eigenvalue weighted by Crippen LogP contribution is -2.53. The van der Waals surface area contributed by atoms with Crippen LogP contribution in [0.1, 0.15) is 22.6 Å². The maximum Gasteiger partial charge on any atom is 0.274 e. The molecule has 1 amide bonds. The van der Waals surface area contributed by atoms with Crippen molar-refractivity contribution in [1.29, 1.82) is 0 Å². The molecule has 29 heavy (non-hydrogen) atoms. The molecule has 1 atom stereocenters. The van der Waals surface area contributed by atoms with Crippen molar-refractivity contribution in [2.45, 2.75) is 12.0 Å². The van der Waals surface area contributed by atoms with E-state index >= 15 is 0 Å². The van der Waals surface area contributed by atoms with Crippen molar-refractivity contribution >= 4 is 11.6 Å². The Labute approximate surface area is 168 Å². The van der Waals surface area contributed by atoms with Gasteiger partial charge in [0.25, 0.3) is 5.91 Å². The summed E-state index contributed by atoms with van der Waals surface area (Å²) in [6.07, 6.45) is 9.33. The molecule has 1 fully saturated rings. The molecule has 5 rings (SSSR count). The number of fused-ring (bicyclic) bond motifs is 4. The Balaban J connectivity index is 1.57. The molecule has 1 spiro atoms. The molecule has 0 saturated carbocycles. The summed E-state index contributed by atoms with van der Waals surface area (Å²) in [7, 11) is 1.71. The van der Waals surface area contributed by atoms with Crippen molar-refractivity contribution < 1.29 is 9.53 Å². The SMILES string of the molecule is COCCN1c2cccnc2-n2cccc2[C@]12CCN(C(=O)c1cnccn1)C2. The Hall–Kier alpha value is -3.26. The molecule has 0 aromatic carbocycles. The van der Waals surface area contributed by atoms with Crippen molar-refractivity contribution in [2.24, 2.45) is 0 Å². The number of nitrogens with zero attached hydrogens (tertiary/aromatic N) is 6. The van der Waals surface area contributed by atoms with Gasteiger partial charge in [-0.3, -0.25) is 9.78 Å². The van der Waals surface area contributed by atoms with E-state index in [1.54, 1.807) is 19.5 Å². The number of hydrogen-bond acceptors (Lipinski definition) is 6. The van der Waals surface area contributed by atoms with Gasteiger partial charge in [0.1, 0.15) is 11.2 Å². The van der Waals surface area contributed by atoms with Crippen molar-refractivity contribution in [3.8, 4) is 5.82 Å². The molecule has 3 aromatic rings. The molecule has 2 aliphatic heterocycles. The van der Waals surface area contributed by atoms with Crippen LogP contribution >= 0.6 is 0 Å². The molecular formula is C21H22N6O2. The zero-order chi connectivity index (χ0) is 19.8. The summed E-state index contributed by atoms with van der Waals surface area (Å²) in [5, 5.41) is 0. The number of amides is 1. The third kappa shape index (κ3) is 2.71. The minimum absolute atomic E-state index is 0.0863. The Morgan fingerprint density at radius 2 is 2.14 bits per heavy atom. The molecule has 148 valence electrons. The van der Waals surface area contributed by atoms with Gasteiger partial charge in [0.15, 0.2) is 5.82 Å². The minimum atomic E-state index is -0.337. The topological polar surface area (TPSA) is 76.4 Å². The fourth-order valence-corrected chi connectivity index (χ4v) is 4.58. The summed E-state index contributed by atoms with van der Waals surface area (Å²) in [5.74, 6) is 0.824. The van der Waals surface area contributed by atoms with Gasteiger partial charge in [0.05, 0.1) is 24.2 Å². The van der Waals surface area contributed by atoms with Crippen LogP contribution < -0.4 is 4.90 Å². The van der Waals surface area contributed by atoms with Crippen LogP contribution in [0.3, 0.4) is 0 Å². The number of methoxy groups -OCH3 is 1. The first kappa shape index (κ1) is 17.8. The molecule has 0 N–H and O–H groups in total. The number of carbonyl (C=O) groups excluding carboxylic acids is 1. The quantitative estimate of drug-likeness (QED) is 0.677. The van der Waals surface area contributed by atoms with E-state index in [0.717, 1.165) is 23.6 Å². The van der Waals surface area contributed by atoms with Gasteiger partial charge in [-0.15, -0.1) is 0 Å². The number of likely N-dealkylation sites (tertiary alicyclic amines) is 1. The average Bonchev–Trinajstić information content (AvgIpc) is 3.43.